The number of halogens is 2. The minimum Gasteiger partial charge on any atom is -0.489 e. The highest BCUT2D eigenvalue weighted by atomic mass is 79.9. The van der Waals surface area contributed by atoms with Gasteiger partial charge in [0.15, 0.2) is 0 Å². The molecule has 2 heterocycles. The average molecular weight is 450 g/mol. The molecule has 2 aliphatic heterocycles. The first-order valence-corrected chi connectivity index (χ1v) is 10.1. The second-order valence-electron chi connectivity index (χ2n) is 7.22. The monoisotopic (exact) mass is 448 g/mol. The maximum atomic E-state index is 6.71. The van der Waals surface area contributed by atoms with Gasteiger partial charge in [0.1, 0.15) is 23.2 Å². The Hall–Kier alpha value is -1.00. The SMILES string of the molecule is Brc1cccc2c1O[C@@H]1CC[C@@H]3CC3(C2)Oc2c(Br)cccc2C1. The van der Waals surface area contributed by atoms with E-state index in [1.54, 1.807) is 0 Å². The fourth-order valence-corrected chi connectivity index (χ4v) is 5.27. The molecule has 0 spiro atoms. The van der Waals surface area contributed by atoms with Crippen molar-refractivity contribution in [2.45, 2.75) is 43.8 Å². The first-order valence-electron chi connectivity index (χ1n) is 8.55. The highest BCUT2D eigenvalue weighted by Crippen LogP contribution is 2.56. The molecule has 1 saturated carbocycles. The molecule has 1 fully saturated rings. The smallest absolute Gasteiger partial charge is 0.137 e. The van der Waals surface area contributed by atoms with Crippen molar-refractivity contribution >= 4 is 31.9 Å². The molecule has 0 aromatic heterocycles. The number of benzene rings is 2. The topological polar surface area (TPSA) is 18.5 Å². The van der Waals surface area contributed by atoms with Gasteiger partial charge in [0, 0.05) is 18.8 Å². The third-order valence-electron chi connectivity index (χ3n) is 5.64. The van der Waals surface area contributed by atoms with E-state index in [0.717, 1.165) is 46.1 Å². The fraction of sp³-hybridized carbons (Fsp3) is 0.400. The summed E-state index contributed by atoms with van der Waals surface area (Å²) in [6.45, 7) is 0. The van der Waals surface area contributed by atoms with Crippen molar-refractivity contribution in [3.8, 4) is 11.5 Å². The van der Waals surface area contributed by atoms with Crippen LogP contribution in [0.1, 0.15) is 30.4 Å². The molecule has 24 heavy (non-hydrogen) atoms. The van der Waals surface area contributed by atoms with E-state index in [1.165, 1.54) is 17.5 Å². The number of hydrogen-bond acceptors (Lipinski definition) is 2. The Morgan fingerprint density at radius 3 is 2.50 bits per heavy atom. The lowest BCUT2D eigenvalue weighted by molar-refractivity contribution is 0.155. The van der Waals surface area contributed by atoms with Gasteiger partial charge in [-0.25, -0.2) is 0 Å². The summed E-state index contributed by atoms with van der Waals surface area (Å²) in [6, 6.07) is 12.7. The van der Waals surface area contributed by atoms with Crippen molar-refractivity contribution in [1.29, 1.82) is 0 Å². The quantitative estimate of drug-likeness (QED) is 0.514. The van der Waals surface area contributed by atoms with Crippen molar-refractivity contribution in [2.75, 3.05) is 0 Å². The molecule has 2 aromatic carbocycles. The molecule has 124 valence electrons. The van der Waals surface area contributed by atoms with Crippen molar-refractivity contribution < 1.29 is 9.47 Å². The third-order valence-corrected chi connectivity index (χ3v) is 6.89. The average Bonchev–Trinajstić information content (AvgIpc) is 3.21. The van der Waals surface area contributed by atoms with Gasteiger partial charge in [0.2, 0.25) is 0 Å². The van der Waals surface area contributed by atoms with Gasteiger partial charge >= 0.3 is 0 Å². The Balaban J connectivity index is 1.68. The van der Waals surface area contributed by atoms with Crippen molar-refractivity contribution in [1.82, 2.24) is 0 Å². The summed E-state index contributed by atoms with van der Waals surface area (Å²) in [5, 5.41) is 0. The summed E-state index contributed by atoms with van der Waals surface area (Å²) in [6.07, 6.45) is 5.41. The first kappa shape index (κ1) is 15.3. The molecule has 0 N–H and O–H groups in total. The van der Waals surface area contributed by atoms with E-state index in [2.05, 4.69) is 68.3 Å². The summed E-state index contributed by atoms with van der Waals surface area (Å²) >= 11 is 7.38. The molecular weight excluding hydrogens is 432 g/mol. The van der Waals surface area contributed by atoms with Crippen LogP contribution in [0.4, 0.5) is 0 Å². The first-order chi connectivity index (χ1) is 11.6. The van der Waals surface area contributed by atoms with Crippen LogP contribution in [0.2, 0.25) is 0 Å². The third kappa shape index (κ3) is 2.41. The summed E-state index contributed by atoms with van der Waals surface area (Å²) in [5.41, 5.74) is 2.43. The second-order valence-corrected chi connectivity index (χ2v) is 8.93. The summed E-state index contributed by atoms with van der Waals surface area (Å²) in [7, 11) is 0. The number of rotatable bonds is 0. The molecule has 5 rings (SSSR count). The second kappa shape index (κ2) is 5.50. The van der Waals surface area contributed by atoms with E-state index in [0.29, 0.717) is 5.92 Å². The zero-order valence-electron chi connectivity index (χ0n) is 13.2. The van der Waals surface area contributed by atoms with Crippen LogP contribution in [-0.2, 0) is 12.8 Å². The molecular formula is C20H18Br2O2. The summed E-state index contributed by atoms with van der Waals surface area (Å²) < 4.78 is 15.3. The minimum atomic E-state index is -0.0727. The van der Waals surface area contributed by atoms with Crippen LogP contribution in [0.3, 0.4) is 0 Å². The highest BCUT2D eigenvalue weighted by molar-refractivity contribution is 9.10. The molecule has 3 aliphatic rings. The van der Waals surface area contributed by atoms with E-state index in [1.807, 2.05) is 0 Å². The number of fused-ring (bicyclic) bond motifs is 4. The van der Waals surface area contributed by atoms with Crippen molar-refractivity contribution in [3.05, 3.63) is 56.5 Å². The predicted octanol–water partition coefficient (Wildman–Crippen LogP) is 5.69. The maximum Gasteiger partial charge on any atom is 0.137 e. The van der Waals surface area contributed by atoms with Crippen molar-refractivity contribution in [3.63, 3.8) is 0 Å². The largest absolute Gasteiger partial charge is 0.489 e. The van der Waals surface area contributed by atoms with Gasteiger partial charge in [0.05, 0.1) is 8.95 Å². The molecule has 2 aromatic rings. The van der Waals surface area contributed by atoms with Gasteiger partial charge in [-0.05, 0) is 74.4 Å². The van der Waals surface area contributed by atoms with Gasteiger partial charge in [0.25, 0.3) is 0 Å². The van der Waals surface area contributed by atoms with E-state index in [9.17, 15) is 0 Å². The van der Waals surface area contributed by atoms with Crippen molar-refractivity contribution in [2.24, 2.45) is 5.92 Å². The van der Waals surface area contributed by atoms with E-state index in [4.69, 9.17) is 9.47 Å². The highest BCUT2D eigenvalue weighted by Gasteiger charge is 2.58. The molecule has 1 unspecified atom stereocenters. The van der Waals surface area contributed by atoms with Crippen LogP contribution >= 0.6 is 31.9 Å². The van der Waals surface area contributed by atoms with Gasteiger partial charge in [-0.15, -0.1) is 0 Å². The zero-order valence-corrected chi connectivity index (χ0v) is 16.4. The number of para-hydroxylation sites is 2. The standard InChI is InChI=1S/C20H18Br2O2/c21-16-5-2-4-13-10-20-11-14(20)7-8-15(23-18(13)16)9-12-3-1-6-17(22)19(12)24-20/h1-6,14-15H,7-11H2/t14-,15-,20?/m1/s1. The molecule has 2 nitrogen and oxygen atoms in total. The van der Waals surface area contributed by atoms with Crippen LogP contribution in [0.5, 0.6) is 11.5 Å². The van der Waals surface area contributed by atoms with E-state index >= 15 is 0 Å². The molecule has 3 atom stereocenters. The van der Waals surface area contributed by atoms with Crippen LogP contribution in [-0.4, -0.2) is 11.7 Å². The Bertz CT molecular complexity index is 819. The van der Waals surface area contributed by atoms with E-state index < -0.39 is 0 Å². The Morgan fingerprint density at radius 2 is 1.67 bits per heavy atom. The molecule has 0 radical (unpaired) electrons. The predicted molar refractivity (Wildman–Crippen MR) is 101 cm³/mol. The lowest BCUT2D eigenvalue weighted by atomic mass is 10.0. The maximum absolute atomic E-state index is 6.71. The lowest BCUT2D eigenvalue weighted by Crippen LogP contribution is -2.26. The Labute approximate surface area is 158 Å². The van der Waals surface area contributed by atoms with Gasteiger partial charge in [-0.3, -0.25) is 0 Å². The van der Waals surface area contributed by atoms with Crippen LogP contribution in [0, 0.1) is 5.92 Å². The number of hydrogen-bond donors (Lipinski definition) is 0. The molecule has 0 amide bonds. The van der Waals surface area contributed by atoms with Gasteiger partial charge in [-0.2, -0.15) is 0 Å². The van der Waals surface area contributed by atoms with Crippen LogP contribution in [0.15, 0.2) is 45.3 Å². The van der Waals surface area contributed by atoms with Crippen LogP contribution in [0.25, 0.3) is 0 Å². The summed E-state index contributed by atoms with van der Waals surface area (Å²) in [5.74, 6) is 2.66. The Kier molecular flexibility index (Phi) is 3.50. The molecule has 0 saturated heterocycles. The normalized spacial score (nSPS) is 30.1. The fourth-order valence-electron chi connectivity index (χ4n) is 4.28. The summed E-state index contributed by atoms with van der Waals surface area (Å²) in [4.78, 5) is 0. The lowest BCUT2D eigenvalue weighted by Gasteiger charge is -2.27. The zero-order chi connectivity index (χ0) is 16.3. The molecule has 2 bridgehead atoms. The molecule has 4 heteroatoms. The van der Waals surface area contributed by atoms with Gasteiger partial charge in [-0.1, -0.05) is 24.3 Å². The van der Waals surface area contributed by atoms with Gasteiger partial charge < -0.3 is 9.47 Å². The Morgan fingerprint density at radius 1 is 0.917 bits per heavy atom. The molecule has 1 aliphatic carbocycles. The number of ether oxygens (including phenoxy) is 2. The van der Waals surface area contributed by atoms with E-state index in [-0.39, 0.29) is 11.7 Å². The van der Waals surface area contributed by atoms with Crippen LogP contribution < -0.4 is 9.47 Å². The minimum absolute atomic E-state index is 0.0727.